The van der Waals surface area contributed by atoms with Crippen molar-refractivity contribution in [2.45, 2.75) is 58.2 Å². The summed E-state index contributed by atoms with van der Waals surface area (Å²) in [5.74, 6) is 0. The SMILES string of the molecule is C=CN1CCCC1C.C=CNC.CCCc1c[nH]c2ncccc12.NC(N)c1ccc(Cc2ccccc2)cc1. The van der Waals surface area contributed by atoms with Gasteiger partial charge in [0.2, 0.25) is 0 Å². The largest absolute Gasteiger partial charge is 0.394 e. The molecule has 214 valence electrons. The molecule has 6 N–H and O–H groups in total. The first-order valence-electron chi connectivity index (χ1n) is 14.1. The Balaban J connectivity index is 0.000000206. The first kappa shape index (κ1) is 32.3. The molecule has 0 radical (unpaired) electrons. The van der Waals surface area contributed by atoms with Crippen LogP contribution in [0.2, 0.25) is 0 Å². The van der Waals surface area contributed by atoms with Crippen LogP contribution in [0.3, 0.4) is 0 Å². The number of rotatable bonds is 7. The van der Waals surface area contributed by atoms with Gasteiger partial charge in [-0.3, -0.25) is 0 Å². The third kappa shape index (κ3) is 11.1. The summed E-state index contributed by atoms with van der Waals surface area (Å²) in [5, 5.41) is 3.96. The maximum atomic E-state index is 5.59. The predicted molar refractivity (Wildman–Crippen MR) is 172 cm³/mol. The molecule has 0 bridgehead atoms. The second-order valence-electron chi connectivity index (χ2n) is 9.80. The third-order valence-corrected chi connectivity index (χ3v) is 6.71. The van der Waals surface area contributed by atoms with E-state index in [4.69, 9.17) is 11.5 Å². The minimum Gasteiger partial charge on any atom is -0.394 e. The molecule has 2 aromatic heterocycles. The number of aromatic amines is 1. The van der Waals surface area contributed by atoms with E-state index in [0.29, 0.717) is 0 Å². The lowest BCUT2D eigenvalue weighted by atomic mass is 10.0. The number of benzene rings is 2. The summed E-state index contributed by atoms with van der Waals surface area (Å²) < 4.78 is 0. The number of likely N-dealkylation sites (tertiary alicyclic amines) is 1. The summed E-state index contributed by atoms with van der Waals surface area (Å²) in [6.07, 6.45) is 13.0. The van der Waals surface area contributed by atoms with Gasteiger partial charge in [-0.15, -0.1) is 0 Å². The lowest BCUT2D eigenvalue weighted by molar-refractivity contribution is 0.373. The number of fused-ring (bicyclic) bond motifs is 1. The Morgan fingerprint density at radius 3 is 2.25 bits per heavy atom. The minimum absolute atomic E-state index is 0.384. The first-order valence-corrected chi connectivity index (χ1v) is 14.1. The van der Waals surface area contributed by atoms with E-state index in [1.807, 2.05) is 43.7 Å². The van der Waals surface area contributed by atoms with Crippen molar-refractivity contribution in [3.63, 3.8) is 0 Å². The van der Waals surface area contributed by atoms with Gasteiger partial charge < -0.3 is 26.7 Å². The lowest BCUT2D eigenvalue weighted by Crippen LogP contribution is -2.19. The Morgan fingerprint density at radius 2 is 1.73 bits per heavy atom. The fraction of sp³-hybridized carbons (Fsp3) is 0.324. The van der Waals surface area contributed by atoms with Crippen LogP contribution in [0.15, 0.2) is 105 Å². The molecule has 0 aliphatic carbocycles. The molecule has 4 aromatic rings. The number of aryl methyl sites for hydroxylation is 1. The van der Waals surface area contributed by atoms with Crippen LogP contribution in [0.5, 0.6) is 0 Å². The van der Waals surface area contributed by atoms with Crippen LogP contribution >= 0.6 is 0 Å². The normalized spacial score (nSPS) is 13.8. The topological polar surface area (TPSA) is 96.0 Å². The zero-order valence-corrected chi connectivity index (χ0v) is 24.5. The van der Waals surface area contributed by atoms with E-state index in [-0.39, 0.29) is 6.17 Å². The molecule has 0 saturated carbocycles. The van der Waals surface area contributed by atoms with Gasteiger partial charge in [-0.05, 0) is 79.4 Å². The van der Waals surface area contributed by atoms with Crippen molar-refractivity contribution in [2.24, 2.45) is 11.5 Å². The molecule has 3 heterocycles. The third-order valence-electron chi connectivity index (χ3n) is 6.71. The Kier molecular flexibility index (Phi) is 14.9. The minimum atomic E-state index is -0.384. The second-order valence-corrected chi connectivity index (χ2v) is 9.80. The van der Waals surface area contributed by atoms with E-state index in [1.54, 1.807) is 6.20 Å². The molecule has 0 amide bonds. The second kappa shape index (κ2) is 18.4. The molecule has 0 spiro atoms. The Labute approximate surface area is 241 Å². The van der Waals surface area contributed by atoms with Gasteiger partial charge in [0.05, 0.1) is 6.17 Å². The quantitative estimate of drug-likeness (QED) is 0.196. The van der Waals surface area contributed by atoms with Crippen LogP contribution < -0.4 is 16.8 Å². The molecule has 1 aliphatic rings. The number of aromatic nitrogens is 2. The van der Waals surface area contributed by atoms with E-state index in [2.05, 4.69) is 95.9 Å². The maximum absolute atomic E-state index is 5.59. The van der Waals surface area contributed by atoms with E-state index in [9.17, 15) is 0 Å². The number of nitrogens with one attached hydrogen (secondary N) is 2. The molecule has 1 unspecified atom stereocenters. The van der Waals surface area contributed by atoms with Crippen molar-refractivity contribution in [1.29, 1.82) is 0 Å². The molecule has 1 fully saturated rings. The number of nitrogens with zero attached hydrogens (tertiary/aromatic N) is 2. The van der Waals surface area contributed by atoms with Gasteiger partial charge in [-0.1, -0.05) is 81.1 Å². The van der Waals surface area contributed by atoms with E-state index < -0.39 is 0 Å². The zero-order valence-electron chi connectivity index (χ0n) is 24.5. The molecule has 1 aliphatic heterocycles. The van der Waals surface area contributed by atoms with Crippen molar-refractivity contribution in [3.8, 4) is 0 Å². The van der Waals surface area contributed by atoms with Gasteiger partial charge in [-0.25, -0.2) is 4.98 Å². The summed E-state index contributed by atoms with van der Waals surface area (Å²) >= 11 is 0. The van der Waals surface area contributed by atoms with Gasteiger partial charge in [0.25, 0.3) is 0 Å². The summed E-state index contributed by atoms with van der Waals surface area (Å²) in [7, 11) is 1.81. The van der Waals surface area contributed by atoms with Crippen LogP contribution in [0.1, 0.15) is 61.5 Å². The van der Waals surface area contributed by atoms with Crippen molar-refractivity contribution in [3.05, 3.63) is 127 Å². The summed E-state index contributed by atoms with van der Waals surface area (Å²) in [4.78, 5) is 9.68. The lowest BCUT2D eigenvalue weighted by Gasteiger charge is -2.16. The van der Waals surface area contributed by atoms with E-state index in [1.165, 1.54) is 47.9 Å². The predicted octanol–water partition coefficient (Wildman–Crippen LogP) is 6.67. The molecule has 40 heavy (non-hydrogen) atoms. The van der Waals surface area contributed by atoms with Crippen LogP contribution in [-0.2, 0) is 12.8 Å². The monoisotopic (exact) mass is 540 g/mol. The first-order chi connectivity index (χ1) is 19.4. The van der Waals surface area contributed by atoms with E-state index in [0.717, 1.165) is 30.1 Å². The zero-order chi connectivity index (χ0) is 29.2. The Hall–Kier alpha value is -3.87. The van der Waals surface area contributed by atoms with Gasteiger partial charge in [0.15, 0.2) is 0 Å². The number of hydrogen-bond donors (Lipinski definition) is 4. The van der Waals surface area contributed by atoms with Crippen LogP contribution in [0.25, 0.3) is 11.0 Å². The highest BCUT2D eigenvalue weighted by Gasteiger charge is 2.15. The van der Waals surface area contributed by atoms with Gasteiger partial charge >= 0.3 is 0 Å². The maximum Gasteiger partial charge on any atom is 0.137 e. The Morgan fingerprint density at radius 1 is 1.05 bits per heavy atom. The highest BCUT2D eigenvalue weighted by atomic mass is 15.1. The summed E-state index contributed by atoms with van der Waals surface area (Å²) in [5.41, 5.74) is 17.1. The fourth-order valence-electron chi connectivity index (χ4n) is 4.40. The van der Waals surface area contributed by atoms with Gasteiger partial charge in [0.1, 0.15) is 5.65 Å². The molecule has 6 nitrogen and oxygen atoms in total. The van der Waals surface area contributed by atoms with Crippen LogP contribution in [-0.4, -0.2) is 34.5 Å². The van der Waals surface area contributed by atoms with Gasteiger partial charge in [0, 0.05) is 37.4 Å². The molecule has 5 rings (SSSR count). The van der Waals surface area contributed by atoms with Crippen LogP contribution in [0, 0.1) is 0 Å². The molecule has 1 saturated heterocycles. The number of hydrogen-bond acceptors (Lipinski definition) is 5. The van der Waals surface area contributed by atoms with Crippen molar-refractivity contribution >= 4 is 11.0 Å². The molecule has 1 atom stereocenters. The summed E-state index contributed by atoms with van der Waals surface area (Å²) in [6.45, 7) is 12.7. The number of H-pyrrole nitrogens is 1. The smallest absolute Gasteiger partial charge is 0.137 e. The molecule has 2 aromatic carbocycles. The highest BCUT2D eigenvalue weighted by molar-refractivity contribution is 5.79. The molecule has 6 heteroatoms. The molecular formula is C34H48N6. The summed E-state index contributed by atoms with van der Waals surface area (Å²) in [6, 6.07) is 23.4. The molecular weight excluding hydrogens is 492 g/mol. The fourth-order valence-corrected chi connectivity index (χ4v) is 4.40. The van der Waals surface area contributed by atoms with Crippen molar-refractivity contribution in [1.82, 2.24) is 20.2 Å². The van der Waals surface area contributed by atoms with E-state index >= 15 is 0 Å². The standard InChI is InChI=1S/C14H16N2.C10H12N2.C7H13N.C3H7N/c15-14(16)13-8-6-12(7-9-13)10-11-4-2-1-3-5-11;1-2-4-8-7-12-10-9(8)5-3-6-11-10;1-3-8-6-4-5-7(8)2;1-3-4-2/h1-9,14H,10,15-16H2;3,5-7H,2,4H2,1H3,(H,11,12);3,7H,1,4-6H2,2H3;3-4H,1H2,2H3. The van der Waals surface area contributed by atoms with Gasteiger partial charge in [-0.2, -0.15) is 0 Å². The van der Waals surface area contributed by atoms with Crippen molar-refractivity contribution < 1.29 is 0 Å². The average molecular weight is 541 g/mol. The van der Waals surface area contributed by atoms with Crippen molar-refractivity contribution in [2.75, 3.05) is 13.6 Å². The number of nitrogens with two attached hydrogens (primary N) is 2. The van der Waals surface area contributed by atoms with Crippen LogP contribution in [0.4, 0.5) is 0 Å². The average Bonchev–Trinajstić information content (AvgIpc) is 3.60. The Bertz CT molecular complexity index is 1230. The number of pyridine rings is 1. The highest BCUT2D eigenvalue weighted by Crippen LogP contribution is 2.17.